The number of halogens is 2. The summed E-state index contributed by atoms with van der Waals surface area (Å²) in [5, 5.41) is 5.84. The Bertz CT molecular complexity index is 784. The van der Waals surface area contributed by atoms with Crippen molar-refractivity contribution in [3.63, 3.8) is 0 Å². The van der Waals surface area contributed by atoms with Crippen LogP contribution in [0.25, 0.3) is 22.2 Å². The fraction of sp³-hybridized carbons (Fsp3) is 0.0769. The molecule has 20 heavy (non-hydrogen) atoms. The van der Waals surface area contributed by atoms with E-state index in [0.717, 1.165) is 10.4 Å². The molecule has 0 bridgehead atoms. The molecule has 0 spiro atoms. The van der Waals surface area contributed by atoms with Crippen molar-refractivity contribution < 1.29 is 8.91 Å². The van der Waals surface area contributed by atoms with Crippen molar-refractivity contribution in [1.29, 1.82) is 0 Å². The van der Waals surface area contributed by atoms with E-state index in [4.69, 9.17) is 10.3 Å². The zero-order valence-corrected chi connectivity index (χ0v) is 12.8. The molecule has 0 unspecified atom stereocenters. The molecule has 102 valence electrons. The summed E-state index contributed by atoms with van der Waals surface area (Å²) >= 11 is 4.58. The number of nitrogen functional groups attached to an aromatic ring is 1. The molecule has 0 saturated carbocycles. The van der Waals surface area contributed by atoms with Gasteiger partial charge >= 0.3 is 0 Å². The first-order chi connectivity index (χ1) is 9.56. The normalized spacial score (nSPS) is 10.9. The number of benzene rings is 1. The molecule has 2 heterocycles. The second-order valence-corrected chi connectivity index (χ2v) is 5.95. The molecule has 2 aromatic heterocycles. The van der Waals surface area contributed by atoms with Crippen LogP contribution in [0.4, 0.5) is 10.1 Å². The molecule has 0 aliphatic rings. The van der Waals surface area contributed by atoms with E-state index in [9.17, 15) is 4.39 Å². The van der Waals surface area contributed by atoms with Crippen LogP contribution in [0, 0.1) is 12.7 Å². The molecule has 0 aliphatic heterocycles. The maximum Gasteiger partial charge on any atom is 0.270 e. The van der Waals surface area contributed by atoms with Crippen molar-refractivity contribution in [3.05, 3.63) is 39.4 Å². The highest BCUT2D eigenvalue weighted by Crippen LogP contribution is 2.34. The summed E-state index contributed by atoms with van der Waals surface area (Å²) < 4.78 is 18.8. The molecule has 0 atom stereocenters. The summed E-state index contributed by atoms with van der Waals surface area (Å²) in [4.78, 5) is 5.06. The molecule has 0 radical (unpaired) electrons. The third-order valence-electron chi connectivity index (χ3n) is 2.82. The van der Waals surface area contributed by atoms with Crippen LogP contribution in [0.2, 0.25) is 0 Å². The predicted molar refractivity (Wildman–Crippen MR) is 79.9 cm³/mol. The second-order valence-electron chi connectivity index (χ2n) is 4.21. The van der Waals surface area contributed by atoms with Crippen LogP contribution >= 0.6 is 27.3 Å². The van der Waals surface area contributed by atoms with E-state index in [0.29, 0.717) is 27.4 Å². The Morgan fingerprint density at radius 1 is 1.40 bits per heavy atom. The number of aryl methyl sites for hydroxylation is 1. The van der Waals surface area contributed by atoms with Crippen LogP contribution in [0.15, 0.2) is 32.6 Å². The third kappa shape index (κ3) is 2.23. The lowest BCUT2D eigenvalue weighted by Crippen LogP contribution is -1.87. The maximum atomic E-state index is 13.2. The topological polar surface area (TPSA) is 64.9 Å². The maximum absolute atomic E-state index is 13.2. The number of anilines is 1. The van der Waals surface area contributed by atoms with Gasteiger partial charge in [0, 0.05) is 5.56 Å². The van der Waals surface area contributed by atoms with Crippen molar-refractivity contribution in [3.8, 4) is 22.2 Å². The molecule has 0 amide bonds. The first-order valence-corrected chi connectivity index (χ1v) is 7.36. The van der Waals surface area contributed by atoms with Gasteiger partial charge in [0.25, 0.3) is 5.89 Å². The van der Waals surface area contributed by atoms with E-state index in [2.05, 4.69) is 26.1 Å². The van der Waals surface area contributed by atoms with Gasteiger partial charge in [0.2, 0.25) is 5.82 Å². The van der Waals surface area contributed by atoms with Crippen LogP contribution in [-0.4, -0.2) is 10.1 Å². The van der Waals surface area contributed by atoms with Gasteiger partial charge in [-0.3, -0.25) is 0 Å². The lowest BCUT2D eigenvalue weighted by molar-refractivity contribution is 0.433. The zero-order valence-electron chi connectivity index (χ0n) is 10.4. The molecular formula is C13H9BrFN3OS. The number of aromatic nitrogens is 2. The third-order valence-corrected chi connectivity index (χ3v) is 4.53. The van der Waals surface area contributed by atoms with Crippen LogP contribution in [-0.2, 0) is 0 Å². The Labute approximate surface area is 126 Å². The van der Waals surface area contributed by atoms with Gasteiger partial charge in [-0.15, -0.1) is 11.3 Å². The average molecular weight is 354 g/mol. The molecule has 4 nitrogen and oxygen atoms in total. The number of hydrogen-bond donors (Lipinski definition) is 1. The van der Waals surface area contributed by atoms with E-state index in [1.54, 1.807) is 12.1 Å². The Morgan fingerprint density at radius 3 is 2.85 bits per heavy atom. The van der Waals surface area contributed by atoms with E-state index in [-0.39, 0.29) is 5.82 Å². The number of rotatable bonds is 2. The molecule has 7 heteroatoms. The lowest BCUT2D eigenvalue weighted by atomic mass is 10.2. The summed E-state index contributed by atoms with van der Waals surface area (Å²) in [7, 11) is 0. The Balaban J connectivity index is 2.01. The van der Waals surface area contributed by atoms with Crippen LogP contribution < -0.4 is 5.73 Å². The minimum Gasteiger partial charge on any atom is -0.397 e. The number of nitrogens with zero attached hydrogens (tertiary/aromatic N) is 2. The molecule has 1 aromatic carbocycles. The average Bonchev–Trinajstić information content (AvgIpc) is 3.02. The monoisotopic (exact) mass is 353 g/mol. The molecule has 0 fully saturated rings. The number of hydrogen-bond acceptors (Lipinski definition) is 5. The van der Waals surface area contributed by atoms with Crippen LogP contribution in [0.1, 0.15) is 5.56 Å². The van der Waals surface area contributed by atoms with Gasteiger partial charge in [0.15, 0.2) is 0 Å². The quantitative estimate of drug-likeness (QED) is 0.747. The van der Waals surface area contributed by atoms with Gasteiger partial charge in [-0.1, -0.05) is 5.16 Å². The summed E-state index contributed by atoms with van der Waals surface area (Å²) in [5.41, 5.74) is 8.24. The standard InChI is InChI=1S/C13H9BrFN3OS/c1-6-5-20-11(10(6)16)13-17-12(18-19-13)7-2-3-9(15)8(14)4-7/h2-5H,16H2,1H3. The van der Waals surface area contributed by atoms with E-state index in [1.165, 1.54) is 17.4 Å². The highest BCUT2D eigenvalue weighted by atomic mass is 79.9. The van der Waals surface area contributed by atoms with Gasteiger partial charge in [0.05, 0.1) is 10.2 Å². The molecule has 0 aliphatic carbocycles. The van der Waals surface area contributed by atoms with Gasteiger partial charge in [-0.2, -0.15) is 4.98 Å². The second kappa shape index (κ2) is 4.99. The summed E-state index contributed by atoms with van der Waals surface area (Å²) in [5.74, 6) is 0.429. The molecule has 3 aromatic rings. The summed E-state index contributed by atoms with van der Waals surface area (Å²) in [6.45, 7) is 1.92. The van der Waals surface area contributed by atoms with Crippen molar-refractivity contribution >= 4 is 33.0 Å². The summed E-state index contributed by atoms with van der Waals surface area (Å²) in [6.07, 6.45) is 0. The van der Waals surface area contributed by atoms with Crippen LogP contribution in [0.3, 0.4) is 0 Å². The largest absolute Gasteiger partial charge is 0.397 e. The Kier molecular flexibility index (Phi) is 3.31. The number of nitrogens with two attached hydrogens (primary N) is 1. The molecule has 3 rings (SSSR count). The fourth-order valence-corrected chi connectivity index (χ4v) is 2.96. The fourth-order valence-electron chi connectivity index (χ4n) is 1.69. The highest BCUT2D eigenvalue weighted by molar-refractivity contribution is 9.10. The first-order valence-electron chi connectivity index (χ1n) is 5.69. The molecular weight excluding hydrogens is 345 g/mol. The smallest absolute Gasteiger partial charge is 0.270 e. The van der Waals surface area contributed by atoms with Crippen LogP contribution in [0.5, 0.6) is 0 Å². The van der Waals surface area contributed by atoms with Crippen molar-refractivity contribution in [1.82, 2.24) is 10.1 Å². The molecule has 0 saturated heterocycles. The van der Waals surface area contributed by atoms with E-state index >= 15 is 0 Å². The SMILES string of the molecule is Cc1csc(-c2nc(-c3ccc(F)c(Br)c3)no2)c1N. The van der Waals surface area contributed by atoms with E-state index in [1.807, 2.05) is 12.3 Å². The van der Waals surface area contributed by atoms with Crippen molar-refractivity contribution in [2.45, 2.75) is 6.92 Å². The lowest BCUT2D eigenvalue weighted by Gasteiger charge is -1.96. The predicted octanol–water partition coefficient (Wildman–Crippen LogP) is 4.26. The number of thiophene rings is 1. The minimum absolute atomic E-state index is 0.337. The summed E-state index contributed by atoms with van der Waals surface area (Å²) in [6, 6.07) is 4.55. The van der Waals surface area contributed by atoms with Crippen molar-refractivity contribution in [2.24, 2.45) is 0 Å². The van der Waals surface area contributed by atoms with Gasteiger partial charge in [-0.05, 0) is 52.0 Å². The van der Waals surface area contributed by atoms with Gasteiger partial charge in [0.1, 0.15) is 10.7 Å². The molecule has 2 N–H and O–H groups in total. The van der Waals surface area contributed by atoms with Gasteiger partial charge < -0.3 is 10.3 Å². The van der Waals surface area contributed by atoms with E-state index < -0.39 is 0 Å². The Hall–Kier alpha value is -1.73. The highest BCUT2D eigenvalue weighted by Gasteiger charge is 2.16. The first kappa shape index (κ1) is 13.3. The zero-order chi connectivity index (χ0) is 14.3. The van der Waals surface area contributed by atoms with Gasteiger partial charge in [-0.25, -0.2) is 4.39 Å². The Morgan fingerprint density at radius 2 is 2.20 bits per heavy atom. The minimum atomic E-state index is -0.337. The van der Waals surface area contributed by atoms with Crippen molar-refractivity contribution in [2.75, 3.05) is 5.73 Å².